The zero-order chi connectivity index (χ0) is 22.0. The fourth-order valence-corrected chi connectivity index (χ4v) is 4.35. The number of urea groups is 1. The van der Waals surface area contributed by atoms with Crippen LogP contribution in [0.1, 0.15) is 49.8 Å². The van der Waals surface area contributed by atoms with Crippen LogP contribution in [-0.2, 0) is 5.54 Å². The second-order valence-electron chi connectivity index (χ2n) is 8.97. The maximum Gasteiger partial charge on any atom is 0.315 e. The Labute approximate surface area is 189 Å². The highest BCUT2D eigenvalue weighted by Gasteiger charge is 2.45. The number of rotatable bonds is 6. The van der Waals surface area contributed by atoms with Crippen LogP contribution in [0.2, 0.25) is 5.02 Å². The average molecular weight is 443 g/mol. The predicted molar refractivity (Wildman–Crippen MR) is 125 cm³/mol. The molecule has 0 atom stereocenters. The number of aromatic nitrogens is 2. The third kappa shape index (κ3) is 5.39. The quantitative estimate of drug-likeness (QED) is 0.624. The van der Waals surface area contributed by atoms with Crippen molar-refractivity contribution in [3.8, 4) is 0 Å². The normalized spacial score (nSPS) is 21.8. The van der Waals surface area contributed by atoms with Crippen molar-refractivity contribution in [3.05, 3.63) is 46.6 Å². The van der Waals surface area contributed by atoms with E-state index >= 15 is 0 Å². The van der Waals surface area contributed by atoms with Crippen LogP contribution in [0.25, 0.3) is 0 Å². The molecular formula is C23H31ClN6O. The van der Waals surface area contributed by atoms with Gasteiger partial charge in [-0.05, 0) is 63.1 Å². The summed E-state index contributed by atoms with van der Waals surface area (Å²) in [7, 11) is 3.96. The molecule has 2 fully saturated rings. The van der Waals surface area contributed by atoms with Crippen LogP contribution in [-0.4, -0.2) is 42.2 Å². The maximum absolute atomic E-state index is 12.6. The molecule has 2 amide bonds. The molecule has 2 aliphatic rings. The smallest absolute Gasteiger partial charge is 0.315 e. The minimum atomic E-state index is -0.236. The Bertz CT molecular complexity index is 920. The third-order valence-electron chi connectivity index (χ3n) is 6.19. The highest BCUT2D eigenvalue weighted by atomic mass is 35.5. The Morgan fingerprint density at radius 1 is 1.06 bits per heavy atom. The van der Waals surface area contributed by atoms with E-state index in [2.05, 4.69) is 25.9 Å². The van der Waals surface area contributed by atoms with Gasteiger partial charge in [0, 0.05) is 43.0 Å². The number of nitrogens with one attached hydrogen (secondary N) is 3. The van der Waals surface area contributed by atoms with E-state index < -0.39 is 0 Å². The average Bonchev–Trinajstić information content (AvgIpc) is 3.50. The number of carbonyl (C=O) groups excluding carboxylic acids is 1. The van der Waals surface area contributed by atoms with E-state index in [4.69, 9.17) is 11.6 Å². The fraction of sp³-hybridized carbons (Fsp3) is 0.522. The first-order valence-corrected chi connectivity index (χ1v) is 11.3. The van der Waals surface area contributed by atoms with Gasteiger partial charge in [0.05, 0.1) is 5.54 Å². The van der Waals surface area contributed by atoms with E-state index in [-0.39, 0.29) is 17.6 Å². The zero-order valence-corrected chi connectivity index (χ0v) is 19.2. The Hall–Kier alpha value is -2.54. The van der Waals surface area contributed by atoms with E-state index in [1.54, 1.807) is 0 Å². The lowest BCUT2D eigenvalue weighted by Crippen LogP contribution is -2.48. The molecule has 0 bridgehead atoms. The van der Waals surface area contributed by atoms with Crippen LogP contribution < -0.4 is 20.9 Å². The summed E-state index contributed by atoms with van der Waals surface area (Å²) in [5.41, 5.74) is 1.83. The number of amides is 2. The second-order valence-corrected chi connectivity index (χ2v) is 9.40. The number of nitrogens with zero attached hydrogens (tertiary/aromatic N) is 3. The zero-order valence-electron chi connectivity index (χ0n) is 18.4. The minimum Gasteiger partial charge on any atom is -0.363 e. The molecule has 2 aliphatic carbocycles. The lowest BCUT2D eigenvalue weighted by atomic mass is 9.91. The van der Waals surface area contributed by atoms with Crippen molar-refractivity contribution in [3.63, 3.8) is 0 Å². The SMILES string of the molecule is Cc1cc(N(C)C)nc(N[C@H]2CC[C@@H](NC(=O)NC3(c4ccc(Cl)cc4)CC3)CC2)n1. The van der Waals surface area contributed by atoms with Crippen LogP contribution in [0.15, 0.2) is 30.3 Å². The van der Waals surface area contributed by atoms with Crippen molar-refractivity contribution < 1.29 is 4.79 Å². The van der Waals surface area contributed by atoms with Gasteiger partial charge < -0.3 is 20.9 Å². The number of hydrogen-bond donors (Lipinski definition) is 3. The van der Waals surface area contributed by atoms with E-state index in [0.29, 0.717) is 17.0 Å². The summed E-state index contributed by atoms with van der Waals surface area (Å²) in [4.78, 5) is 23.7. The molecule has 2 saturated carbocycles. The molecule has 7 nitrogen and oxygen atoms in total. The topological polar surface area (TPSA) is 82.2 Å². The second kappa shape index (κ2) is 8.91. The van der Waals surface area contributed by atoms with Gasteiger partial charge in [0.2, 0.25) is 5.95 Å². The number of anilines is 2. The first-order valence-electron chi connectivity index (χ1n) is 11.0. The van der Waals surface area contributed by atoms with Crippen LogP contribution in [0.5, 0.6) is 0 Å². The van der Waals surface area contributed by atoms with Gasteiger partial charge in [-0.25, -0.2) is 9.78 Å². The van der Waals surface area contributed by atoms with E-state index in [0.717, 1.165) is 55.6 Å². The minimum absolute atomic E-state index is 0.0819. The molecule has 0 saturated heterocycles. The molecule has 0 unspecified atom stereocenters. The summed E-state index contributed by atoms with van der Waals surface area (Å²) < 4.78 is 0. The van der Waals surface area contributed by atoms with Crippen molar-refractivity contribution in [2.24, 2.45) is 0 Å². The van der Waals surface area contributed by atoms with Gasteiger partial charge in [-0.2, -0.15) is 4.98 Å². The molecule has 0 spiro atoms. The van der Waals surface area contributed by atoms with Crippen molar-refractivity contribution in [1.29, 1.82) is 0 Å². The predicted octanol–water partition coefficient (Wildman–Crippen LogP) is 4.22. The molecule has 31 heavy (non-hydrogen) atoms. The first-order chi connectivity index (χ1) is 14.8. The van der Waals surface area contributed by atoms with Gasteiger partial charge in [0.1, 0.15) is 5.82 Å². The molecule has 0 aliphatic heterocycles. The molecule has 3 N–H and O–H groups in total. The molecule has 4 rings (SSSR count). The number of hydrogen-bond acceptors (Lipinski definition) is 5. The summed E-state index contributed by atoms with van der Waals surface area (Å²) >= 11 is 5.99. The Balaban J connectivity index is 1.26. The molecule has 0 radical (unpaired) electrons. The van der Waals surface area contributed by atoms with Gasteiger partial charge in [-0.15, -0.1) is 0 Å². The molecule has 1 aromatic carbocycles. The Morgan fingerprint density at radius 3 is 2.32 bits per heavy atom. The number of halogens is 1. The largest absolute Gasteiger partial charge is 0.363 e. The fourth-order valence-electron chi connectivity index (χ4n) is 4.23. The van der Waals surface area contributed by atoms with Gasteiger partial charge in [-0.3, -0.25) is 0 Å². The van der Waals surface area contributed by atoms with Gasteiger partial charge in [-0.1, -0.05) is 23.7 Å². The molecule has 1 aromatic heterocycles. The molecule has 8 heteroatoms. The lowest BCUT2D eigenvalue weighted by molar-refractivity contribution is 0.226. The van der Waals surface area contributed by atoms with Crippen molar-refractivity contribution >= 4 is 29.4 Å². The van der Waals surface area contributed by atoms with Crippen LogP contribution in [0.4, 0.5) is 16.6 Å². The number of carbonyl (C=O) groups is 1. The molecule has 1 heterocycles. The van der Waals surface area contributed by atoms with E-state index in [1.165, 1.54) is 0 Å². The number of aryl methyl sites for hydroxylation is 1. The van der Waals surface area contributed by atoms with Crippen molar-refractivity contribution in [1.82, 2.24) is 20.6 Å². The third-order valence-corrected chi connectivity index (χ3v) is 6.45. The van der Waals surface area contributed by atoms with Crippen LogP contribution >= 0.6 is 11.6 Å². The Morgan fingerprint density at radius 2 is 1.71 bits per heavy atom. The standard InChI is InChI=1S/C23H31ClN6O/c1-15-14-20(30(2)3)28-21(25-15)26-18-8-10-19(11-9-18)27-22(31)29-23(12-13-23)16-4-6-17(24)7-5-16/h4-7,14,18-19H,8-13H2,1-3H3,(H,25,26,28)(H2,27,29,31)/t18-,19+. The monoisotopic (exact) mass is 442 g/mol. The summed E-state index contributed by atoms with van der Waals surface area (Å²) in [6.45, 7) is 1.98. The first kappa shape index (κ1) is 21.7. The van der Waals surface area contributed by atoms with Crippen LogP contribution in [0.3, 0.4) is 0 Å². The van der Waals surface area contributed by atoms with E-state index in [1.807, 2.05) is 56.3 Å². The van der Waals surface area contributed by atoms with Crippen molar-refractivity contribution in [2.45, 2.75) is 63.1 Å². The lowest BCUT2D eigenvalue weighted by Gasteiger charge is -2.30. The molecule has 166 valence electrons. The molecule has 2 aromatic rings. The van der Waals surface area contributed by atoms with E-state index in [9.17, 15) is 4.79 Å². The Kier molecular flexibility index (Phi) is 6.23. The van der Waals surface area contributed by atoms with Gasteiger partial charge in [0.25, 0.3) is 0 Å². The highest BCUT2D eigenvalue weighted by molar-refractivity contribution is 6.30. The summed E-state index contributed by atoms with van der Waals surface area (Å²) in [5, 5.41) is 10.6. The maximum atomic E-state index is 12.6. The molecular weight excluding hydrogens is 412 g/mol. The number of benzene rings is 1. The van der Waals surface area contributed by atoms with Gasteiger partial charge >= 0.3 is 6.03 Å². The van der Waals surface area contributed by atoms with Crippen LogP contribution in [0, 0.1) is 6.92 Å². The summed E-state index contributed by atoms with van der Waals surface area (Å²) in [5.74, 6) is 1.58. The summed E-state index contributed by atoms with van der Waals surface area (Å²) in [6, 6.07) is 10.2. The highest BCUT2D eigenvalue weighted by Crippen LogP contribution is 2.45. The summed E-state index contributed by atoms with van der Waals surface area (Å²) in [6.07, 6.45) is 5.74. The van der Waals surface area contributed by atoms with Gasteiger partial charge in [0.15, 0.2) is 0 Å². The van der Waals surface area contributed by atoms with Crippen molar-refractivity contribution in [2.75, 3.05) is 24.3 Å².